The maximum atomic E-state index is 13.1. The van der Waals surface area contributed by atoms with Crippen LogP contribution in [0.1, 0.15) is 54.9 Å². The number of hydrogen-bond donors (Lipinski definition) is 1. The molecule has 1 aliphatic carbocycles. The number of carboxylic acid groups (broad SMARTS) is 1. The lowest BCUT2D eigenvalue weighted by Crippen LogP contribution is -2.51. The van der Waals surface area contributed by atoms with Crippen LogP contribution in [0.15, 0.2) is 30.6 Å². The molecule has 1 aliphatic heterocycles. The van der Waals surface area contributed by atoms with Crippen LogP contribution in [0.4, 0.5) is 0 Å². The maximum Gasteiger partial charge on any atom is 0.309 e. The van der Waals surface area contributed by atoms with Gasteiger partial charge in [0.1, 0.15) is 6.54 Å². The zero-order valence-corrected chi connectivity index (χ0v) is 16.1. The van der Waals surface area contributed by atoms with Crippen LogP contribution < -0.4 is 0 Å². The van der Waals surface area contributed by atoms with Crippen LogP contribution in [-0.4, -0.2) is 38.6 Å². The average molecular weight is 379 g/mol. The lowest BCUT2D eigenvalue weighted by Gasteiger charge is -2.49. The Morgan fingerprint density at radius 1 is 1.36 bits per heavy atom. The van der Waals surface area contributed by atoms with E-state index in [1.54, 1.807) is 6.20 Å². The Labute approximate surface area is 165 Å². The molecular weight excluding hydrogens is 354 g/mol. The van der Waals surface area contributed by atoms with E-state index in [0.717, 1.165) is 42.5 Å². The third-order valence-corrected chi connectivity index (χ3v) is 5.75. The van der Waals surface area contributed by atoms with Crippen molar-refractivity contribution in [2.75, 3.05) is 13.1 Å². The normalized spacial score (nSPS) is 21.6. The molecule has 28 heavy (non-hydrogen) atoms. The first kappa shape index (κ1) is 18.7. The third-order valence-electron chi connectivity index (χ3n) is 5.75. The number of carboxylic acids is 1. The van der Waals surface area contributed by atoms with E-state index in [1.165, 1.54) is 5.56 Å². The van der Waals surface area contributed by atoms with Crippen molar-refractivity contribution in [2.24, 2.45) is 0 Å². The Hall–Kier alpha value is -2.62. The van der Waals surface area contributed by atoms with Gasteiger partial charge >= 0.3 is 5.97 Å². The molecule has 1 spiro atoms. The lowest BCUT2D eigenvalue weighted by atomic mass is 9.85. The molecule has 1 saturated carbocycles. The van der Waals surface area contributed by atoms with Crippen molar-refractivity contribution >= 4 is 5.97 Å². The van der Waals surface area contributed by atoms with E-state index >= 15 is 0 Å². The zero-order chi connectivity index (χ0) is 19.8. The fraction of sp³-hybridized carbons (Fsp3) is 0.455. The number of rotatable bonds is 5. The van der Waals surface area contributed by atoms with E-state index in [0.29, 0.717) is 13.1 Å². The number of hydrogen-bond acceptors (Lipinski definition) is 3. The van der Waals surface area contributed by atoms with Gasteiger partial charge in [0.25, 0.3) is 0 Å². The van der Waals surface area contributed by atoms with E-state index in [4.69, 9.17) is 5.11 Å². The van der Waals surface area contributed by atoms with E-state index in [-0.39, 0.29) is 18.4 Å². The summed E-state index contributed by atoms with van der Waals surface area (Å²) in [5, 5.41) is 26.4. The molecule has 6 heteroatoms. The molecule has 1 unspecified atom stereocenters. The van der Waals surface area contributed by atoms with Gasteiger partial charge in [-0.15, -0.1) is 0 Å². The summed E-state index contributed by atoms with van der Waals surface area (Å²) in [4.78, 5) is 10.9. The van der Waals surface area contributed by atoms with E-state index in [2.05, 4.69) is 29.9 Å². The van der Waals surface area contributed by atoms with Crippen LogP contribution in [0.3, 0.4) is 0 Å². The van der Waals surface area contributed by atoms with Crippen molar-refractivity contribution in [1.82, 2.24) is 9.78 Å². The predicted molar refractivity (Wildman–Crippen MR) is 105 cm³/mol. The Kier molecular flexibility index (Phi) is 4.74. The second-order valence-corrected chi connectivity index (χ2v) is 8.14. The van der Waals surface area contributed by atoms with Gasteiger partial charge in [-0.1, -0.05) is 24.8 Å². The molecule has 0 bridgehead atoms. The minimum Gasteiger partial charge on any atom is -0.633 e. The molecule has 6 nitrogen and oxygen atoms in total. The summed E-state index contributed by atoms with van der Waals surface area (Å²) in [5.41, 5.74) is 4.05. The highest BCUT2D eigenvalue weighted by atomic mass is 16.5. The maximum absolute atomic E-state index is 13.1. The summed E-state index contributed by atoms with van der Waals surface area (Å²) < 4.78 is 1.47. The summed E-state index contributed by atoms with van der Waals surface area (Å²) >= 11 is 0. The summed E-state index contributed by atoms with van der Waals surface area (Å²) in [6.45, 7) is 3.97. The highest BCUT2D eigenvalue weighted by Crippen LogP contribution is 2.54. The molecule has 1 fully saturated rings. The minimum absolute atomic E-state index is 0.0792. The first-order valence-electron chi connectivity index (χ1n) is 9.88. The van der Waals surface area contributed by atoms with Crippen molar-refractivity contribution in [2.45, 2.75) is 51.1 Å². The van der Waals surface area contributed by atoms with E-state index < -0.39 is 10.6 Å². The van der Waals surface area contributed by atoms with Crippen molar-refractivity contribution in [3.8, 4) is 11.8 Å². The van der Waals surface area contributed by atoms with Gasteiger partial charge in [0.05, 0.1) is 31.3 Å². The lowest BCUT2D eigenvalue weighted by molar-refractivity contribution is -0.898. The topological polar surface area (TPSA) is 78.2 Å². The van der Waals surface area contributed by atoms with E-state index in [9.17, 15) is 10.0 Å². The summed E-state index contributed by atoms with van der Waals surface area (Å²) in [6.07, 6.45) is 6.70. The van der Waals surface area contributed by atoms with Crippen molar-refractivity contribution in [1.29, 1.82) is 0 Å². The molecule has 0 amide bonds. The molecule has 0 saturated heterocycles. The Bertz CT molecular complexity index is 965. The Morgan fingerprint density at radius 2 is 2.14 bits per heavy atom. The van der Waals surface area contributed by atoms with Crippen LogP contribution in [0.5, 0.6) is 0 Å². The van der Waals surface area contributed by atoms with Crippen LogP contribution in [0.25, 0.3) is 0 Å². The fourth-order valence-corrected chi connectivity index (χ4v) is 4.25. The minimum atomic E-state index is -0.906. The predicted octanol–water partition coefficient (Wildman–Crippen LogP) is 3.03. The number of carbonyl (C=O) groups is 1. The number of hydroxylamine groups is 3. The zero-order valence-electron chi connectivity index (χ0n) is 16.1. The van der Waals surface area contributed by atoms with Gasteiger partial charge in [0, 0.05) is 29.3 Å². The quantitative estimate of drug-likeness (QED) is 0.492. The fourth-order valence-electron chi connectivity index (χ4n) is 4.25. The van der Waals surface area contributed by atoms with Gasteiger partial charge in [0.15, 0.2) is 0 Å². The number of quaternary nitrogens is 1. The van der Waals surface area contributed by atoms with E-state index in [1.807, 2.05) is 23.0 Å². The average Bonchev–Trinajstić information content (AvgIpc) is 3.27. The Morgan fingerprint density at radius 3 is 2.86 bits per heavy atom. The molecule has 1 N–H and O–H groups in total. The second kappa shape index (κ2) is 7.08. The Balaban J connectivity index is 1.56. The van der Waals surface area contributed by atoms with Gasteiger partial charge in [0.2, 0.25) is 0 Å². The number of benzene rings is 1. The van der Waals surface area contributed by atoms with Crippen LogP contribution >= 0.6 is 0 Å². The van der Waals surface area contributed by atoms with Crippen LogP contribution in [0, 0.1) is 17.0 Å². The molecule has 0 radical (unpaired) electrons. The largest absolute Gasteiger partial charge is 0.633 e. The first-order chi connectivity index (χ1) is 13.4. The molecule has 2 aliphatic rings. The van der Waals surface area contributed by atoms with Crippen molar-refractivity contribution in [3.05, 3.63) is 58.1 Å². The smallest absolute Gasteiger partial charge is 0.309 e. The molecule has 2 heterocycles. The summed E-state index contributed by atoms with van der Waals surface area (Å²) in [7, 11) is 0. The molecule has 146 valence electrons. The van der Waals surface area contributed by atoms with Crippen LogP contribution in [0.2, 0.25) is 0 Å². The summed E-state index contributed by atoms with van der Waals surface area (Å²) in [6, 6.07) is 6.10. The standard InChI is InChI=1S/C22H25N3O3/c1-2-10-24-14-18(13-23-24)4-3-17-5-6-19-15-25(28,11-7-21(26)27)16-22(8-9-22)20(19)12-17/h5-6,12-14H,2,7-11,15-16H2,1H3,(H,26,27). The van der Waals surface area contributed by atoms with Crippen LogP contribution in [-0.2, 0) is 23.3 Å². The number of fused-ring (bicyclic) bond motifs is 2. The van der Waals surface area contributed by atoms with Crippen molar-refractivity contribution in [3.63, 3.8) is 0 Å². The highest BCUT2D eigenvalue weighted by molar-refractivity contribution is 5.66. The molecular formula is C22H25N3O3. The third kappa shape index (κ3) is 3.82. The SMILES string of the molecule is CCCn1cc(C#Cc2ccc3c(c2)C2(CC2)C[N+]([O-])(CCC(=O)O)C3)cn1. The van der Waals surface area contributed by atoms with Gasteiger partial charge in [-0.25, -0.2) is 0 Å². The number of aryl methyl sites for hydroxylation is 1. The molecule has 1 atom stereocenters. The highest BCUT2D eigenvalue weighted by Gasteiger charge is 2.53. The number of nitrogens with zero attached hydrogens (tertiary/aromatic N) is 3. The molecule has 1 aromatic heterocycles. The van der Waals surface area contributed by atoms with Gasteiger partial charge < -0.3 is 15.0 Å². The summed E-state index contributed by atoms with van der Waals surface area (Å²) in [5.74, 6) is 5.50. The molecule has 1 aromatic carbocycles. The van der Waals surface area contributed by atoms with Crippen molar-refractivity contribution < 1.29 is 14.5 Å². The second-order valence-electron chi connectivity index (χ2n) is 8.14. The number of aliphatic carboxylic acids is 1. The number of aromatic nitrogens is 2. The van der Waals surface area contributed by atoms with Gasteiger partial charge in [-0.05, 0) is 37.0 Å². The van der Waals surface area contributed by atoms with Gasteiger partial charge in [-0.3, -0.25) is 9.48 Å². The molecule has 4 rings (SSSR count). The van der Waals surface area contributed by atoms with Gasteiger partial charge in [-0.2, -0.15) is 5.10 Å². The monoisotopic (exact) mass is 379 g/mol. The first-order valence-corrected chi connectivity index (χ1v) is 9.88. The molecule has 2 aromatic rings.